The highest BCUT2D eigenvalue weighted by molar-refractivity contribution is 8.06. The van der Waals surface area contributed by atoms with Crippen LogP contribution in [0.3, 0.4) is 0 Å². The van der Waals surface area contributed by atoms with E-state index in [9.17, 15) is 13.2 Å². The van der Waals surface area contributed by atoms with Gasteiger partial charge in [0.25, 0.3) is 0 Å². The van der Waals surface area contributed by atoms with Gasteiger partial charge in [-0.25, -0.2) is 0 Å². The van der Waals surface area contributed by atoms with E-state index in [-0.39, 0.29) is 11.9 Å². The van der Waals surface area contributed by atoms with Crippen molar-refractivity contribution in [2.45, 2.75) is 24.8 Å². The van der Waals surface area contributed by atoms with Crippen LogP contribution in [0.25, 0.3) is 0 Å². The molecule has 2 atom stereocenters. The van der Waals surface area contributed by atoms with Crippen molar-refractivity contribution in [3.05, 3.63) is 23.5 Å². The molecule has 0 spiro atoms. The Kier molecular flexibility index (Phi) is 3.69. The summed E-state index contributed by atoms with van der Waals surface area (Å²) in [6.07, 6.45) is -1.35. The maximum absolute atomic E-state index is 12.9. The van der Waals surface area contributed by atoms with Gasteiger partial charge in [-0.05, 0) is 6.08 Å². The zero-order valence-corrected chi connectivity index (χ0v) is 10.9. The van der Waals surface area contributed by atoms with E-state index < -0.39 is 17.2 Å². The summed E-state index contributed by atoms with van der Waals surface area (Å²) >= 11 is 1.69. The van der Waals surface area contributed by atoms with E-state index in [2.05, 4.69) is 0 Å². The van der Waals surface area contributed by atoms with Gasteiger partial charge in [0.15, 0.2) is 0 Å². The molecule has 0 aromatic carbocycles. The van der Waals surface area contributed by atoms with Crippen molar-refractivity contribution >= 4 is 11.8 Å². The average molecular weight is 279 g/mol. The first-order valence-electron chi connectivity index (χ1n) is 5.80. The molecule has 1 saturated heterocycles. The van der Waals surface area contributed by atoms with Crippen LogP contribution in [0.1, 0.15) is 13.3 Å². The van der Waals surface area contributed by atoms with Gasteiger partial charge in [0.1, 0.15) is 0 Å². The molecule has 2 unspecified atom stereocenters. The first-order valence-corrected chi connectivity index (χ1v) is 6.85. The fourth-order valence-corrected chi connectivity index (χ4v) is 3.14. The molecule has 18 heavy (non-hydrogen) atoms. The number of halogens is 3. The molecular formula is C12H16F3NOS. The standard InChI is InChI=1S/C12H16F3NOS/c1-11(10-7-18-10)5-8(12(13,14)15)4-9(6-11)17-3-2-16/h4-5,10H,2-3,6-7,16H2,1H3. The Morgan fingerprint density at radius 3 is 2.72 bits per heavy atom. The first-order chi connectivity index (χ1) is 8.35. The molecule has 0 aromatic rings. The quantitative estimate of drug-likeness (QED) is 0.804. The van der Waals surface area contributed by atoms with Crippen LogP contribution in [0.5, 0.6) is 0 Å². The molecule has 0 saturated carbocycles. The lowest BCUT2D eigenvalue weighted by atomic mass is 9.78. The van der Waals surface area contributed by atoms with Gasteiger partial charge in [0.2, 0.25) is 0 Å². The molecule has 6 heteroatoms. The SMILES string of the molecule is CC1(C2CS2)C=C(C(F)(F)F)C=C(OCCN)C1. The van der Waals surface area contributed by atoms with Crippen LogP contribution in [-0.4, -0.2) is 30.3 Å². The highest BCUT2D eigenvalue weighted by atomic mass is 32.2. The third-order valence-corrected chi connectivity index (χ3v) is 4.36. The van der Waals surface area contributed by atoms with Crippen molar-refractivity contribution < 1.29 is 17.9 Å². The van der Waals surface area contributed by atoms with E-state index in [4.69, 9.17) is 10.5 Å². The minimum absolute atomic E-state index is 0.255. The van der Waals surface area contributed by atoms with Crippen molar-refractivity contribution in [3.8, 4) is 0 Å². The monoisotopic (exact) mass is 279 g/mol. The third kappa shape index (κ3) is 3.03. The summed E-state index contributed by atoms with van der Waals surface area (Å²) in [7, 11) is 0. The molecule has 1 aliphatic heterocycles. The Morgan fingerprint density at radius 1 is 1.56 bits per heavy atom. The molecular weight excluding hydrogens is 263 g/mol. The maximum Gasteiger partial charge on any atom is 0.416 e. The lowest BCUT2D eigenvalue weighted by molar-refractivity contribution is -0.0900. The van der Waals surface area contributed by atoms with Crippen molar-refractivity contribution in [1.29, 1.82) is 0 Å². The maximum atomic E-state index is 12.9. The van der Waals surface area contributed by atoms with Gasteiger partial charge in [-0.15, -0.1) is 0 Å². The molecule has 0 radical (unpaired) electrons. The van der Waals surface area contributed by atoms with Crippen LogP contribution in [0.4, 0.5) is 13.2 Å². The summed E-state index contributed by atoms with van der Waals surface area (Å²) in [5.41, 5.74) is 4.25. The molecule has 2 rings (SSSR count). The van der Waals surface area contributed by atoms with Crippen LogP contribution in [0, 0.1) is 5.41 Å². The Bertz CT molecular complexity index is 387. The summed E-state index contributed by atoms with van der Waals surface area (Å²) in [5, 5.41) is 0.264. The van der Waals surface area contributed by atoms with Crippen LogP contribution in [0.15, 0.2) is 23.5 Å². The Hall–Kier alpha value is -0.620. The van der Waals surface area contributed by atoms with E-state index in [1.54, 1.807) is 11.8 Å². The predicted octanol–water partition coefficient (Wildman–Crippen LogP) is 2.86. The van der Waals surface area contributed by atoms with E-state index in [0.717, 1.165) is 11.8 Å². The van der Waals surface area contributed by atoms with E-state index in [1.807, 2.05) is 6.92 Å². The lowest BCUT2D eigenvalue weighted by Crippen LogP contribution is -2.28. The largest absolute Gasteiger partial charge is 0.497 e. The zero-order valence-electron chi connectivity index (χ0n) is 10.1. The van der Waals surface area contributed by atoms with E-state index in [0.29, 0.717) is 18.7 Å². The second-order valence-electron chi connectivity index (χ2n) is 4.85. The average Bonchev–Trinajstić information content (AvgIpc) is 3.08. The van der Waals surface area contributed by atoms with Gasteiger partial charge >= 0.3 is 6.18 Å². The van der Waals surface area contributed by atoms with Crippen LogP contribution in [0.2, 0.25) is 0 Å². The molecule has 1 fully saturated rings. The number of hydrogen-bond acceptors (Lipinski definition) is 3. The topological polar surface area (TPSA) is 35.2 Å². The summed E-state index contributed by atoms with van der Waals surface area (Å²) in [4.78, 5) is 0. The molecule has 0 amide bonds. The summed E-state index contributed by atoms with van der Waals surface area (Å²) in [6, 6.07) is 0. The van der Waals surface area contributed by atoms with Gasteiger partial charge in [-0.3, -0.25) is 0 Å². The number of hydrogen-bond donors (Lipinski definition) is 1. The van der Waals surface area contributed by atoms with Crippen LogP contribution < -0.4 is 5.73 Å². The second-order valence-corrected chi connectivity index (χ2v) is 6.09. The Morgan fingerprint density at radius 2 is 2.22 bits per heavy atom. The Labute approximate surface area is 108 Å². The fraction of sp³-hybridized carbons (Fsp3) is 0.667. The summed E-state index contributed by atoms with van der Waals surface area (Å²) in [5.74, 6) is 1.31. The fourth-order valence-electron chi connectivity index (χ4n) is 2.13. The zero-order chi connectivity index (χ0) is 13.4. The number of rotatable bonds is 4. The van der Waals surface area contributed by atoms with E-state index >= 15 is 0 Å². The molecule has 2 N–H and O–H groups in total. The molecule has 2 nitrogen and oxygen atoms in total. The van der Waals surface area contributed by atoms with Crippen molar-refractivity contribution in [3.63, 3.8) is 0 Å². The van der Waals surface area contributed by atoms with Gasteiger partial charge in [-0.1, -0.05) is 13.0 Å². The highest BCUT2D eigenvalue weighted by Gasteiger charge is 2.46. The number of nitrogens with two attached hydrogens (primary N) is 1. The van der Waals surface area contributed by atoms with Crippen molar-refractivity contribution in [1.82, 2.24) is 0 Å². The molecule has 2 aliphatic rings. The van der Waals surface area contributed by atoms with Crippen LogP contribution in [-0.2, 0) is 4.74 Å². The normalized spacial score (nSPS) is 31.7. The predicted molar refractivity (Wildman–Crippen MR) is 66.2 cm³/mol. The number of thioether (sulfide) groups is 1. The summed E-state index contributed by atoms with van der Waals surface area (Å²) < 4.78 is 43.9. The highest BCUT2D eigenvalue weighted by Crippen LogP contribution is 2.52. The molecule has 0 aromatic heterocycles. The van der Waals surface area contributed by atoms with Crippen molar-refractivity contribution in [2.24, 2.45) is 11.1 Å². The molecule has 102 valence electrons. The van der Waals surface area contributed by atoms with Crippen molar-refractivity contribution in [2.75, 3.05) is 18.9 Å². The minimum Gasteiger partial charge on any atom is -0.497 e. The lowest BCUT2D eigenvalue weighted by Gasteiger charge is -2.31. The van der Waals surface area contributed by atoms with Gasteiger partial charge in [-0.2, -0.15) is 24.9 Å². The minimum atomic E-state index is -4.32. The number of ether oxygens (including phenoxy) is 1. The Balaban J connectivity index is 2.23. The smallest absolute Gasteiger partial charge is 0.416 e. The third-order valence-electron chi connectivity index (χ3n) is 3.16. The van der Waals surface area contributed by atoms with E-state index in [1.165, 1.54) is 6.08 Å². The van der Waals surface area contributed by atoms with Crippen LogP contribution >= 0.6 is 11.8 Å². The second kappa shape index (κ2) is 4.81. The molecule has 1 aliphatic carbocycles. The molecule has 1 heterocycles. The van der Waals surface area contributed by atoms with Gasteiger partial charge in [0.05, 0.1) is 17.9 Å². The van der Waals surface area contributed by atoms with Gasteiger partial charge < -0.3 is 10.5 Å². The first kappa shape index (κ1) is 13.8. The molecule has 0 bridgehead atoms. The number of allylic oxidation sites excluding steroid dienone is 4. The summed E-state index contributed by atoms with van der Waals surface area (Å²) in [6.45, 7) is 2.42. The van der Waals surface area contributed by atoms with Gasteiger partial charge in [0, 0.05) is 29.4 Å². The number of alkyl halides is 3.